The number of carbonyl (C=O) groups excluding carboxylic acids is 1. The Balaban J connectivity index is 1.39. The first-order valence-electron chi connectivity index (χ1n) is 9.72. The number of hydrogen-bond acceptors (Lipinski definition) is 5. The molecule has 0 saturated carbocycles. The maximum Gasteiger partial charge on any atom is 0.251 e. The highest BCUT2D eigenvalue weighted by molar-refractivity contribution is 7.10. The molecule has 0 aliphatic carbocycles. The van der Waals surface area contributed by atoms with E-state index in [4.69, 9.17) is 4.74 Å². The molecule has 156 valence electrons. The Kier molecular flexibility index (Phi) is 6.33. The van der Waals surface area contributed by atoms with E-state index in [1.807, 2.05) is 30.5 Å². The van der Waals surface area contributed by atoms with Gasteiger partial charge in [-0.3, -0.25) is 9.78 Å². The van der Waals surface area contributed by atoms with Gasteiger partial charge in [-0.1, -0.05) is 18.2 Å². The minimum atomic E-state index is -0.353. The fourth-order valence-corrected chi connectivity index (χ4v) is 3.84. The van der Waals surface area contributed by atoms with Crippen LogP contribution in [0.25, 0.3) is 11.3 Å². The number of ether oxygens (including phenoxy) is 1. The summed E-state index contributed by atoms with van der Waals surface area (Å²) in [4.78, 5) is 21.4. The summed E-state index contributed by atoms with van der Waals surface area (Å²) in [6, 6.07) is 16.7. The summed E-state index contributed by atoms with van der Waals surface area (Å²) in [7, 11) is 0. The van der Waals surface area contributed by atoms with E-state index >= 15 is 0 Å². The van der Waals surface area contributed by atoms with E-state index in [1.165, 1.54) is 23.5 Å². The molecule has 0 spiro atoms. The van der Waals surface area contributed by atoms with Crippen molar-refractivity contribution in [3.05, 3.63) is 100 Å². The van der Waals surface area contributed by atoms with Gasteiger partial charge < -0.3 is 10.1 Å². The molecule has 4 rings (SSSR count). The highest BCUT2D eigenvalue weighted by atomic mass is 32.1. The highest BCUT2D eigenvalue weighted by Crippen LogP contribution is 2.25. The lowest BCUT2D eigenvalue weighted by atomic mass is 10.1. The van der Waals surface area contributed by atoms with E-state index in [9.17, 15) is 9.18 Å². The molecule has 0 aliphatic rings. The van der Waals surface area contributed by atoms with Gasteiger partial charge in [0.05, 0.1) is 11.7 Å². The summed E-state index contributed by atoms with van der Waals surface area (Å²) in [5.41, 5.74) is 3.19. The van der Waals surface area contributed by atoms with Crippen molar-refractivity contribution in [1.82, 2.24) is 15.3 Å². The van der Waals surface area contributed by atoms with E-state index in [0.717, 1.165) is 21.8 Å². The van der Waals surface area contributed by atoms with Crippen molar-refractivity contribution >= 4 is 17.2 Å². The number of amides is 1. The highest BCUT2D eigenvalue weighted by Gasteiger charge is 2.15. The molecule has 1 atom stereocenters. The van der Waals surface area contributed by atoms with Crippen molar-refractivity contribution < 1.29 is 13.9 Å². The van der Waals surface area contributed by atoms with Crippen molar-refractivity contribution in [3.63, 3.8) is 0 Å². The maximum atomic E-state index is 13.3. The summed E-state index contributed by atoms with van der Waals surface area (Å²) >= 11 is 1.50. The zero-order chi connectivity index (χ0) is 21.6. The minimum Gasteiger partial charge on any atom is -0.489 e. The van der Waals surface area contributed by atoms with Gasteiger partial charge in [-0.2, -0.15) is 0 Å². The molecule has 5 nitrogen and oxygen atoms in total. The predicted octanol–water partition coefficient (Wildman–Crippen LogP) is 5.41. The minimum absolute atomic E-state index is 0.194. The summed E-state index contributed by atoms with van der Waals surface area (Å²) in [6.07, 6.45) is 3.45. The van der Waals surface area contributed by atoms with Crippen LogP contribution < -0.4 is 10.1 Å². The van der Waals surface area contributed by atoms with Crippen LogP contribution in [0.3, 0.4) is 0 Å². The lowest BCUT2D eigenvalue weighted by molar-refractivity contribution is 0.0939. The van der Waals surface area contributed by atoms with E-state index in [-0.39, 0.29) is 24.4 Å². The number of nitrogens with one attached hydrogen (secondary N) is 1. The van der Waals surface area contributed by atoms with Gasteiger partial charge in [-0.25, -0.2) is 9.37 Å². The molecule has 0 aliphatic heterocycles. The predicted molar refractivity (Wildman–Crippen MR) is 118 cm³/mol. The Labute approximate surface area is 183 Å². The molecule has 1 N–H and O–H groups in total. The molecule has 4 aromatic rings. The number of carbonyl (C=O) groups is 1. The SMILES string of the molecule is CC(NC(=O)c1cccc(COc2cccc(F)c2)c1)c1nc(-c2ccncc2)cs1. The van der Waals surface area contributed by atoms with Crippen LogP contribution in [-0.4, -0.2) is 15.9 Å². The van der Waals surface area contributed by atoms with Gasteiger partial charge in [0.25, 0.3) is 5.91 Å². The molecule has 2 aromatic carbocycles. The molecular weight excluding hydrogens is 413 g/mol. The quantitative estimate of drug-likeness (QED) is 0.423. The van der Waals surface area contributed by atoms with Crippen LogP contribution in [0.1, 0.15) is 33.9 Å². The third-order valence-corrected chi connectivity index (χ3v) is 5.63. The van der Waals surface area contributed by atoms with Gasteiger partial charge in [0.2, 0.25) is 0 Å². The summed E-state index contributed by atoms with van der Waals surface area (Å²) in [5, 5.41) is 5.79. The molecule has 2 heterocycles. The average molecular weight is 434 g/mol. The second kappa shape index (κ2) is 9.49. The number of halogens is 1. The van der Waals surface area contributed by atoms with E-state index in [1.54, 1.807) is 42.7 Å². The maximum absolute atomic E-state index is 13.3. The number of thiazole rings is 1. The zero-order valence-corrected chi connectivity index (χ0v) is 17.6. The van der Waals surface area contributed by atoms with Crippen molar-refractivity contribution in [3.8, 4) is 17.0 Å². The number of hydrogen-bond donors (Lipinski definition) is 1. The second-order valence-electron chi connectivity index (χ2n) is 6.95. The molecule has 1 amide bonds. The normalized spacial score (nSPS) is 11.7. The Bertz CT molecular complexity index is 1180. The third-order valence-electron chi connectivity index (χ3n) is 4.61. The second-order valence-corrected chi connectivity index (χ2v) is 7.84. The van der Waals surface area contributed by atoms with Gasteiger partial charge in [0.15, 0.2) is 0 Å². The third kappa shape index (κ3) is 5.32. The molecule has 31 heavy (non-hydrogen) atoms. The summed E-state index contributed by atoms with van der Waals surface area (Å²) in [6.45, 7) is 2.14. The van der Waals surface area contributed by atoms with E-state index < -0.39 is 0 Å². The van der Waals surface area contributed by atoms with Crippen LogP contribution in [0.4, 0.5) is 4.39 Å². The zero-order valence-electron chi connectivity index (χ0n) is 16.8. The monoisotopic (exact) mass is 433 g/mol. The van der Waals surface area contributed by atoms with Gasteiger partial charge in [0.1, 0.15) is 23.2 Å². The molecule has 7 heteroatoms. The van der Waals surface area contributed by atoms with Crippen LogP contribution in [-0.2, 0) is 6.61 Å². The van der Waals surface area contributed by atoms with Crippen LogP contribution in [0.15, 0.2) is 78.4 Å². The Hall–Kier alpha value is -3.58. The van der Waals surface area contributed by atoms with Crippen LogP contribution >= 0.6 is 11.3 Å². The van der Waals surface area contributed by atoms with Gasteiger partial charge in [-0.15, -0.1) is 11.3 Å². The Morgan fingerprint density at radius 3 is 2.74 bits per heavy atom. The van der Waals surface area contributed by atoms with Crippen LogP contribution in [0.2, 0.25) is 0 Å². The fraction of sp³-hybridized carbons (Fsp3) is 0.125. The lowest BCUT2D eigenvalue weighted by Gasteiger charge is -2.12. The van der Waals surface area contributed by atoms with E-state index in [2.05, 4.69) is 15.3 Å². The first-order chi connectivity index (χ1) is 15.1. The average Bonchev–Trinajstić information content (AvgIpc) is 3.29. The number of pyridine rings is 1. The van der Waals surface area contributed by atoms with Crippen molar-refractivity contribution in [2.45, 2.75) is 19.6 Å². The molecule has 0 fully saturated rings. The molecule has 1 unspecified atom stereocenters. The summed E-state index contributed by atoms with van der Waals surface area (Å²) in [5.74, 6) is -0.105. The topological polar surface area (TPSA) is 64.1 Å². The van der Waals surface area contributed by atoms with Crippen molar-refractivity contribution in [1.29, 1.82) is 0 Å². The first kappa shape index (κ1) is 20.7. The fourth-order valence-electron chi connectivity index (χ4n) is 3.01. The molecule has 0 bridgehead atoms. The Morgan fingerprint density at radius 2 is 1.94 bits per heavy atom. The van der Waals surface area contributed by atoms with Gasteiger partial charge in [-0.05, 0) is 48.9 Å². The molecule has 2 aromatic heterocycles. The van der Waals surface area contributed by atoms with Gasteiger partial charge in [0, 0.05) is 35.0 Å². The summed E-state index contributed by atoms with van der Waals surface area (Å²) < 4.78 is 18.9. The Morgan fingerprint density at radius 1 is 1.13 bits per heavy atom. The van der Waals surface area contributed by atoms with E-state index in [0.29, 0.717) is 11.3 Å². The largest absolute Gasteiger partial charge is 0.489 e. The van der Waals surface area contributed by atoms with Crippen LogP contribution in [0.5, 0.6) is 5.75 Å². The number of nitrogens with zero attached hydrogens (tertiary/aromatic N) is 2. The lowest BCUT2D eigenvalue weighted by Crippen LogP contribution is -2.26. The van der Waals surface area contributed by atoms with Crippen molar-refractivity contribution in [2.75, 3.05) is 0 Å². The number of rotatable bonds is 7. The smallest absolute Gasteiger partial charge is 0.251 e. The first-order valence-corrected chi connectivity index (χ1v) is 10.6. The molecular formula is C24H20FN3O2S. The number of aromatic nitrogens is 2. The standard InChI is InChI=1S/C24H20FN3O2S/c1-16(24-28-22(15-31-24)18-8-10-26-11-9-18)27-23(29)19-5-2-4-17(12-19)14-30-21-7-3-6-20(25)13-21/h2-13,15-16H,14H2,1H3,(H,27,29). The van der Waals surface area contributed by atoms with Gasteiger partial charge >= 0.3 is 0 Å². The van der Waals surface area contributed by atoms with Crippen LogP contribution in [0, 0.1) is 5.82 Å². The number of benzene rings is 2. The molecule has 0 radical (unpaired) electrons. The molecule has 0 saturated heterocycles. The van der Waals surface area contributed by atoms with Crippen molar-refractivity contribution in [2.24, 2.45) is 0 Å².